The molecule has 0 atom stereocenters. The standard InChI is InChI=1S/C16H12F2N2O3/c17-3-6-20-9-11(16(22)23)15(21)10-7-12(18)14(8-13(10)20)19-4-1-2-5-19/h1-2,4-5,7-9H,3,6H2,(H,22,23). The first-order valence-electron chi connectivity index (χ1n) is 6.82. The number of fused-ring (bicyclic) bond motifs is 1. The lowest BCUT2D eigenvalue weighted by Crippen LogP contribution is -2.20. The van der Waals surface area contributed by atoms with Crippen molar-refractivity contribution in [2.45, 2.75) is 6.54 Å². The second kappa shape index (κ2) is 5.68. The first-order chi connectivity index (χ1) is 11.0. The summed E-state index contributed by atoms with van der Waals surface area (Å²) in [6.45, 7) is -0.874. The summed E-state index contributed by atoms with van der Waals surface area (Å²) in [6, 6.07) is 5.83. The smallest absolute Gasteiger partial charge is 0.341 e. The first kappa shape index (κ1) is 15.0. The number of carboxylic acid groups (broad SMARTS) is 1. The molecule has 5 nitrogen and oxygen atoms in total. The Kier molecular flexibility index (Phi) is 3.69. The molecule has 0 unspecified atom stereocenters. The van der Waals surface area contributed by atoms with Crippen molar-refractivity contribution in [3.05, 3.63) is 64.5 Å². The first-order valence-corrected chi connectivity index (χ1v) is 6.82. The van der Waals surface area contributed by atoms with Crippen LogP contribution in [0.3, 0.4) is 0 Å². The SMILES string of the molecule is O=C(O)c1cn(CCF)c2cc(-n3cccc3)c(F)cc2c1=O. The zero-order valence-electron chi connectivity index (χ0n) is 11.9. The lowest BCUT2D eigenvalue weighted by atomic mass is 10.1. The summed E-state index contributed by atoms with van der Waals surface area (Å²) in [6.07, 6.45) is 4.35. The van der Waals surface area contributed by atoms with Gasteiger partial charge in [0.1, 0.15) is 18.1 Å². The van der Waals surface area contributed by atoms with Crippen LogP contribution in [0.15, 0.2) is 47.7 Å². The number of carbonyl (C=O) groups is 1. The fourth-order valence-corrected chi connectivity index (χ4v) is 2.52. The van der Waals surface area contributed by atoms with Crippen molar-refractivity contribution in [3.63, 3.8) is 0 Å². The number of halogens is 2. The third-order valence-corrected chi connectivity index (χ3v) is 3.59. The summed E-state index contributed by atoms with van der Waals surface area (Å²) in [4.78, 5) is 23.4. The Hall–Kier alpha value is -2.96. The van der Waals surface area contributed by atoms with Gasteiger partial charge in [-0.1, -0.05) is 0 Å². The van der Waals surface area contributed by atoms with Crippen LogP contribution in [0.25, 0.3) is 16.6 Å². The maximum atomic E-state index is 14.3. The van der Waals surface area contributed by atoms with Gasteiger partial charge >= 0.3 is 5.97 Å². The van der Waals surface area contributed by atoms with Gasteiger partial charge in [-0.2, -0.15) is 0 Å². The summed E-state index contributed by atoms with van der Waals surface area (Å²) in [5, 5.41) is 9.00. The van der Waals surface area contributed by atoms with Crippen molar-refractivity contribution in [3.8, 4) is 5.69 Å². The van der Waals surface area contributed by atoms with Crippen LogP contribution in [0.1, 0.15) is 10.4 Å². The van der Waals surface area contributed by atoms with Gasteiger partial charge in [-0.15, -0.1) is 0 Å². The molecule has 3 rings (SSSR count). The molecule has 1 aromatic carbocycles. The van der Waals surface area contributed by atoms with E-state index in [1.54, 1.807) is 24.5 Å². The number of aromatic nitrogens is 2. The molecule has 0 aliphatic heterocycles. The average molecular weight is 318 g/mol. The maximum absolute atomic E-state index is 14.3. The molecular weight excluding hydrogens is 306 g/mol. The number of rotatable bonds is 4. The number of aromatic carboxylic acids is 1. The highest BCUT2D eigenvalue weighted by molar-refractivity contribution is 5.93. The van der Waals surface area contributed by atoms with E-state index in [1.807, 2.05) is 0 Å². The number of aryl methyl sites for hydroxylation is 1. The van der Waals surface area contributed by atoms with Gasteiger partial charge in [0, 0.05) is 24.0 Å². The number of hydrogen-bond donors (Lipinski definition) is 1. The van der Waals surface area contributed by atoms with Crippen LogP contribution >= 0.6 is 0 Å². The molecular formula is C16H12F2N2O3. The van der Waals surface area contributed by atoms with Crippen molar-refractivity contribution in [2.24, 2.45) is 0 Å². The van der Waals surface area contributed by atoms with Gasteiger partial charge < -0.3 is 14.2 Å². The van der Waals surface area contributed by atoms with Gasteiger partial charge in [-0.3, -0.25) is 4.79 Å². The molecule has 0 fully saturated rings. The van der Waals surface area contributed by atoms with E-state index in [4.69, 9.17) is 5.11 Å². The quantitative estimate of drug-likeness (QED) is 0.804. The largest absolute Gasteiger partial charge is 0.477 e. The average Bonchev–Trinajstić information content (AvgIpc) is 3.03. The molecule has 1 N–H and O–H groups in total. The highest BCUT2D eigenvalue weighted by atomic mass is 19.1. The van der Waals surface area contributed by atoms with E-state index >= 15 is 0 Å². The molecule has 7 heteroatoms. The Morgan fingerprint density at radius 2 is 1.91 bits per heavy atom. The number of nitrogens with zero attached hydrogens (tertiary/aromatic N) is 2. The van der Waals surface area contributed by atoms with Crippen LogP contribution in [0.5, 0.6) is 0 Å². The Morgan fingerprint density at radius 3 is 2.52 bits per heavy atom. The summed E-state index contributed by atoms with van der Waals surface area (Å²) >= 11 is 0. The van der Waals surface area contributed by atoms with Crippen LogP contribution in [0.4, 0.5) is 8.78 Å². The van der Waals surface area contributed by atoms with Crippen molar-refractivity contribution in [2.75, 3.05) is 6.67 Å². The summed E-state index contributed by atoms with van der Waals surface area (Å²) < 4.78 is 29.9. The molecule has 0 bridgehead atoms. The second-order valence-electron chi connectivity index (χ2n) is 4.97. The van der Waals surface area contributed by atoms with Gasteiger partial charge in [0.2, 0.25) is 5.43 Å². The van der Waals surface area contributed by atoms with E-state index in [9.17, 15) is 18.4 Å². The molecule has 2 heterocycles. The minimum Gasteiger partial charge on any atom is -0.477 e. The summed E-state index contributed by atoms with van der Waals surface area (Å²) in [5.74, 6) is -2.10. The van der Waals surface area contributed by atoms with Crippen molar-refractivity contribution >= 4 is 16.9 Å². The van der Waals surface area contributed by atoms with Crippen LogP contribution in [-0.4, -0.2) is 26.9 Å². The molecule has 0 aliphatic rings. The van der Waals surface area contributed by atoms with E-state index in [0.29, 0.717) is 0 Å². The number of pyridine rings is 1. The third-order valence-electron chi connectivity index (χ3n) is 3.59. The van der Waals surface area contributed by atoms with E-state index in [0.717, 1.165) is 12.3 Å². The lowest BCUT2D eigenvalue weighted by molar-refractivity contribution is 0.0694. The third kappa shape index (κ3) is 2.50. The van der Waals surface area contributed by atoms with Gasteiger partial charge in [0.15, 0.2) is 0 Å². The van der Waals surface area contributed by atoms with E-state index < -0.39 is 29.5 Å². The van der Waals surface area contributed by atoms with Crippen LogP contribution in [-0.2, 0) is 6.54 Å². The molecule has 2 aromatic heterocycles. The molecule has 0 spiro atoms. The Labute approximate surface area is 129 Å². The number of carboxylic acids is 1. The van der Waals surface area contributed by atoms with Gasteiger partial charge in [0.25, 0.3) is 0 Å². The predicted molar refractivity (Wildman–Crippen MR) is 80.4 cm³/mol. The van der Waals surface area contributed by atoms with Gasteiger partial charge in [-0.25, -0.2) is 13.6 Å². The van der Waals surface area contributed by atoms with Crippen LogP contribution < -0.4 is 5.43 Å². The molecule has 23 heavy (non-hydrogen) atoms. The highest BCUT2D eigenvalue weighted by Crippen LogP contribution is 2.21. The van der Waals surface area contributed by atoms with Crippen LogP contribution in [0.2, 0.25) is 0 Å². The van der Waals surface area contributed by atoms with Gasteiger partial charge in [-0.05, 0) is 24.3 Å². The molecule has 3 aromatic rings. The normalized spacial score (nSPS) is 11.0. The molecule has 0 saturated heterocycles. The summed E-state index contributed by atoms with van der Waals surface area (Å²) in [7, 11) is 0. The van der Waals surface area contributed by atoms with E-state index in [2.05, 4.69) is 0 Å². The fraction of sp³-hybridized carbons (Fsp3) is 0.125. The zero-order chi connectivity index (χ0) is 16.6. The van der Waals surface area contributed by atoms with Gasteiger partial charge in [0.05, 0.1) is 17.7 Å². The highest BCUT2D eigenvalue weighted by Gasteiger charge is 2.17. The minimum atomic E-state index is -1.43. The Morgan fingerprint density at radius 1 is 1.22 bits per heavy atom. The summed E-state index contributed by atoms with van der Waals surface area (Å²) in [5.41, 5.74) is -0.833. The number of alkyl halides is 1. The predicted octanol–water partition coefficient (Wildman–Crippen LogP) is 2.60. The van der Waals surface area contributed by atoms with Crippen LogP contribution in [0, 0.1) is 5.82 Å². The van der Waals surface area contributed by atoms with E-state index in [-0.39, 0.29) is 23.1 Å². The minimum absolute atomic E-state index is 0.0910. The lowest BCUT2D eigenvalue weighted by Gasteiger charge is -2.13. The molecule has 0 aliphatic carbocycles. The molecule has 0 radical (unpaired) electrons. The molecule has 118 valence electrons. The fourth-order valence-electron chi connectivity index (χ4n) is 2.52. The molecule has 0 saturated carbocycles. The monoisotopic (exact) mass is 318 g/mol. The van der Waals surface area contributed by atoms with Crippen molar-refractivity contribution in [1.82, 2.24) is 9.13 Å². The Balaban J connectivity index is 2.38. The number of benzene rings is 1. The molecule has 0 amide bonds. The zero-order valence-corrected chi connectivity index (χ0v) is 11.9. The van der Waals surface area contributed by atoms with Crippen molar-refractivity contribution < 1.29 is 18.7 Å². The topological polar surface area (TPSA) is 64.2 Å². The second-order valence-corrected chi connectivity index (χ2v) is 4.97. The van der Waals surface area contributed by atoms with E-state index in [1.165, 1.54) is 15.2 Å². The maximum Gasteiger partial charge on any atom is 0.341 e. The Bertz CT molecular complexity index is 946. The number of hydrogen-bond acceptors (Lipinski definition) is 2. The van der Waals surface area contributed by atoms with Crippen molar-refractivity contribution in [1.29, 1.82) is 0 Å².